The molecule has 0 unspecified atom stereocenters. The lowest BCUT2D eigenvalue weighted by Crippen LogP contribution is -2.59. The van der Waals surface area contributed by atoms with E-state index in [1.807, 2.05) is 23.7 Å². The fourth-order valence-corrected chi connectivity index (χ4v) is 3.17. The van der Waals surface area contributed by atoms with Crippen molar-refractivity contribution in [3.63, 3.8) is 0 Å². The van der Waals surface area contributed by atoms with Gasteiger partial charge in [-0.25, -0.2) is 4.68 Å². The minimum Gasteiger partial charge on any atom is -0.352 e. The van der Waals surface area contributed by atoms with Gasteiger partial charge in [0, 0.05) is 38.7 Å². The van der Waals surface area contributed by atoms with Crippen molar-refractivity contribution in [2.45, 2.75) is 32.2 Å². The summed E-state index contributed by atoms with van der Waals surface area (Å²) in [6, 6.07) is 7.57. The van der Waals surface area contributed by atoms with Gasteiger partial charge in [0.1, 0.15) is 11.6 Å². The van der Waals surface area contributed by atoms with E-state index in [0.29, 0.717) is 6.04 Å². The van der Waals surface area contributed by atoms with Crippen molar-refractivity contribution in [2.24, 2.45) is 7.05 Å². The molecule has 9 nitrogen and oxygen atoms in total. The summed E-state index contributed by atoms with van der Waals surface area (Å²) in [6.07, 6.45) is 0. The monoisotopic (exact) mass is 368 g/mol. The van der Waals surface area contributed by atoms with Gasteiger partial charge in [-0.1, -0.05) is 20.8 Å². The van der Waals surface area contributed by atoms with Gasteiger partial charge < -0.3 is 9.80 Å². The van der Waals surface area contributed by atoms with E-state index in [1.54, 1.807) is 19.2 Å². The van der Waals surface area contributed by atoms with E-state index in [9.17, 15) is 4.79 Å². The van der Waals surface area contributed by atoms with E-state index in [4.69, 9.17) is 5.10 Å². The van der Waals surface area contributed by atoms with Crippen molar-refractivity contribution in [1.29, 1.82) is 0 Å². The number of anilines is 2. The van der Waals surface area contributed by atoms with Gasteiger partial charge in [-0.15, -0.1) is 15.3 Å². The van der Waals surface area contributed by atoms with Gasteiger partial charge in [0.15, 0.2) is 11.5 Å². The van der Waals surface area contributed by atoms with Crippen LogP contribution in [0.25, 0.3) is 5.65 Å². The average molecular weight is 368 g/mol. The first-order valence-corrected chi connectivity index (χ1v) is 8.99. The molecule has 4 rings (SSSR count). The lowest BCUT2D eigenvalue weighted by Gasteiger charge is -2.44. The molecule has 3 aromatic heterocycles. The number of likely N-dealkylation sites (N-methyl/N-ethyl adjacent to an activating group) is 1. The summed E-state index contributed by atoms with van der Waals surface area (Å²) < 4.78 is 3.19. The van der Waals surface area contributed by atoms with Crippen molar-refractivity contribution in [2.75, 3.05) is 29.9 Å². The molecule has 0 amide bonds. The van der Waals surface area contributed by atoms with E-state index in [2.05, 4.69) is 45.9 Å². The van der Waals surface area contributed by atoms with Crippen LogP contribution < -0.4 is 15.4 Å². The van der Waals surface area contributed by atoms with Crippen LogP contribution in [0.1, 0.15) is 26.6 Å². The van der Waals surface area contributed by atoms with Crippen LogP contribution in [0, 0.1) is 0 Å². The Kier molecular flexibility index (Phi) is 3.90. The third-order valence-corrected chi connectivity index (χ3v) is 4.96. The summed E-state index contributed by atoms with van der Waals surface area (Å²) in [5.74, 6) is 2.55. The SMILES string of the molecule is CN(c1ccc(=O)n(C)n1)C1CN(c2ccc3nnc(C(C)(C)C)n3n2)C1. The van der Waals surface area contributed by atoms with Crippen LogP contribution in [-0.4, -0.2) is 55.8 Å². The maximum atomic E-state index is 11.5. The molecule has 0 spiro atoms. The number of hydrogen-bond acceptors (Lipinski definition) is 7. The van der Waals surface area contributed by atoms with Crippen LogP contribution in [0.3, 0.4) is 0 Å². The van der Waals surface area contributed by atoms with Crippen molar-refractivity contribution < 1.29 is 0 Å². The van der Waals surface area contributed by atoms with Crippen LogP contribution >= 0.6 is 0 Å². The topological polar surface area (TPSA) is 84.5 Å². The van der Waals surface area contributed by atoms with E-state index in [-0.39, 0.29) is 11.0 Å². The van der Waals surface area contributed by atoms with Crippen molar-refractivity contribution in [1.82, 2.24) is 29.6 Å². The highest BCUT2D eigenvalue weighted by Crippen LogP contribution is 2.25. The Labute approximate surface area is 157 Å². The molecule has 27 heavy (non-hydrogen) atoms. The first-order chi connectivity index (χ1) is 12.7. The van der Waals surface area contributed by atoms with Gasteiger partial charge >= 0.3 is 0 Å². The van der Waals surface area contributed by atoms with E-state index >= 15 is 0 Å². The summed E-state index contributed by atoms with van der Waals surface area (Å²) >= 11 is 0. The molecule has 1 saturated heterocycles. The average Bonchev–Trinajstić information content (AvgIpc) is 2.99. The molecule has 1 fully saturated rings. The molecule has 3 aromatic rings. The summed E-state index contributed by atoms with van der Waals surface area (Å²) in [4.78, 5) is 15.8. The molecular formula is C18H24N8O. The normalized spacial score (nSPS) is 15.2. The quantitative estimate of drug-likeness (QED) is 0.677. The number of fused-ring (bicyclic) bond motifs is 1. The minimum absolute atomic E-state index is 0.108. The molecule has 4 heterocycles. The Morgan fingerprint density at radius 3 is 2.48 bits per heavy atom. The minimum atomic E-state index is -0.127. The molecule has 0 atom stereocenters. The van der Waals surface area contributed by atoms with Crippen molar-refractivity contribution in [3.05, 3.63) is 40.4 Å². The number of hydrogen-bond donors (Lipinski definition) is 0. The molecule has 0 aromatic carbocycles. The number of aromatic nitrogens is 6. The highest BCUT2D eigenvalue weighted by molar-refractivity contribution is 5.50. The molecule has 0 saturated carbocycles. The second-order valence-electron chi connectivity index (χ2n) is 8.06. The lowest BCUT2D eigenvalue weighted by atomic mass is 9.96. The van der Waals surface area contributed by atoms with Crippen LogP contribution in [0.5, 0.6) is 0 Å². The summed E-state index contributed by atoms with van der Waals surface area (Å²) in [5, 5.41) is 17.6. The Hall–Kier alpha value is -2.97. The Balaban J connectivity index is 1.52. The van der Waals surface area contributed by atoms with Gasteiger partial charge in [-0.2, -0.15) is 9.61 Å². The second-order valence-corrected chi connectivity index (χ2v) is 8.06. The molecule has 1 aliphatic heterocycles. The first-order valence-electron chi connectivity index (χ1n) is 8.99. The number of rotatable bonds is 3. The van der Waals surface area contributed by atoms with Crippen LogP contribution in [-0.2, 0) is 12.5 Å². The van der Waals surface area contributed by atoms with Crippen molar-refractivity contribution in [3.8, 4) is 0 Å². The Morgan fingerprint density at radius 1 is 1.07 bits per heavy atom. The zero-order chi connectivity index (χ0) is 19.3. The molecule has 1 aliphatic rings. The molecular weight excluding hydrogens is 344 g/mol. The summed E-state index contributed by atoms with van der Waals surface area (Å²) in [7, 11) is 3.67. The summed E-state index contributed by atoms with van der Waals surface area (Å²) in [5.41, 5.74) is 0.522. The van der Waals surface area contributed by atoms with E-state index in [1.165, 1.54) is 4.68 Å². The highest BCUT2D eigenvalue weighted by atomic mass is 16.1. The van der Waals surface area contributed by atoms with Crippen LogP contribution in [0.15, 0.2) is 29.1 Å². The van der Waals surface area contributed by atoms with Gasteiger partial charge in [-0.3, -0.25) is 4.79 Å². The predicted molar refractivity (Wildman–Crippen MR) is 103 cm³/mol. The smallest absolute Gasteiger partial charge is 0.266 e. The van der Waals surface area contributed by atoms with Gasteiger partial charge in [0.2, 0.25) is 0 Å². The molecule has 0 aliphatic carbocycles. The van der Waals surface area contributed by atoms with Crippen LogP contribution in [0.2, 0.25) is 0 Å². The maximum Gasteiger partial charge on any atom is 0.266 e. The molecule has 0 radical (unpaired) electrons. The maximum absolute atomic E-state index is 11.5. The first kappa shape index (κ1) is 17.4. The third-order valence-electron chi connectivity index (χ3n) is 4.96. The largest absolute Gasteiger partial charge is 0.352 e. The number of aryl methyl sites for hydroxylation is 1. The fourth-order valence-electron chi connectivity index (χ4n) is 3.17. The summed E-state index contributed by atoms with van der Waals surface area (Å²) in [6.45, 7) is 7.99. The third kappa shape index (κ3) is 3.02. The standard InChI is InChI=1S/C18H24N8O/c1-18(2,3)17-20-19-13-6-7-15(22-26(13)17)25-10-12(11-25)23(4)14-8-9-16(27)24(5)21-14/h6-9,12H,10-11H2,1-5H3. The molecule has 9 heteroatoms. The van der Waals surface area contributed by atoms with Gasteiger partial charge in [-0.05, 0) is 18.2 Å². The lowest BCUT2D eigenvalue weighted by molar-refractivity contribution is 0.479. The van der Waals surface area contributed by atoms with E-state index < -0.39 is 0 Å². The second kappa shape index (κ2) is 6.04. The van der Waals surface area contributed by atoms with Crippen LogP contribution in [0.4, 0.5) is 11.6 Å². The Morgan fingerprint density at radius 2 is 1.81 bits per heavy atom. The zero-order valence-corrected chi connectivity index (χ0v) is 16.3. The molecule has 0 N–H and O–H groups in total. The number of nitrogens with zero attached hydrogens (tertiary/aromatic N) is 8. The predicted octanol–water partition coefficient (Wildman–Crippen LogP) is 0.840. The van der Waals surface area contributed by atoms with E-state index in [0.717, 1.165) is 36.2 Å². The molecule has 142 valence electrons. The van der Waals surface area contributed by atoms with Gasteiger partial charge in [0.25, 0.3) is 5.56 Å². The molecule has 0 bridgehead atoms. The zero-order valence-electron chi connectivity index (χ0n) is 16.3. The Bertz CT molecular complexity index is 1040. The fraction of sp³-hybridized carbons (Fsp3) is 0.500. The van der Waals surface area contributed by atoms with Crippen molar-refractivity contribution >= 4 is 17.3 Å². The highest BCUT2D eigenvalue weighted by Gasteiger charge is 2.32. The van der Waals surface area contributed by atoms with Gasteiger partial charge in [0.05, 0.1) is 6.04 Å².